The lowest BCUT2D eigenvalue weighted by molar-refractivity contribution is -0.141. The molecule has 5 rings (SSSR count). The molecule has 1 aromatic heterocycles. The highest BCUT2D eigenvalue weighted by Gasteiger charge is 2.42. The number of carbonyl (C=O) groups is 2. The third-order valence-electron chi connectivity index (χ3n) is 6.06. The Morgan fingerprint density at radius 1 is 1.16 bits per heavy atom. The summed E-state index contributed by atoms with van der Waals surface area (Å²) in [4.78, 5) is 31.3. The molecule has 0 aliphatic carbocycles. The number of nitrogens with zero attached hydrogens (tertiary/aromatic N) is 1. The summed E-state index contributed by atoms with van der Waals surface area (Å²) in [5.41, 5.74) is 3.89. The molecule has 0 fully saturated rings. The molecule has 2 aliphatic heterocycles. The molecule has 0 saturated heterocycles. The van der Waals surface area contributed by atoms with Gasteiger partial charge in [-0.1, -0.05) is 31.2 Å². The first-order valence-electron chi connectivity index (χ1n) is 10.6. The fourth-order valence-corrected chi connectivity index (χ4v) is 4.68. The van der Waals surface area contributed by atoms with Gasteiger partial charge in [0.05, 0.1) is 6.04 Å². The summed E-state index contributed by atoms with van der Waals surface area (Å²) >= 11 is 0. The van der Waals surface area contributed by atoms with Gasteiger partial charge in [0.25, 0.3) is 0 Å². The SMILES string of the molecule is CCCNC(=O)[C@H]1Cc2c([nH]c3ccccc23)[C@@H](c2ccc3c(c2)OCO3)N1C(C)=O. The molecule has 0 saturated carbocycles. The van der Waals surface area contributed by atoms with Gasteiger partial charge < -0.3 is 24.7 Å². The van der Waals surface area contributed by atoms with E-state index < -0.39 is 12.1 Å². The highest BCUT2D eigenvalue weighted by Crippen LogP contribution is 2.43. The normalized spacial score (nSPS) is 19.4. The van der Waals surface area contributed by atoms with Gasteiger partial charge in [-0.3, -0.25) is 9.59 Å². The molecular weight excluding hydrogens is 394 g/mol. The van der Waals surface area contributed by atoms with Crippen LogP contribution in [0.5, 0.6) is 11.5 Å². The zero-order valence-electron chi connectivity index (χ0n) is 17.6. The van der Waals surface area contributed by atoms with Crippen LogP contribution < -0.4 is 14.8 Å². The zero-order chi connectivity index (χ0) is 21.5. The minimum atomic E-state index is -0.592. The van der Waals surface area contributed by atoms with Crippen molar-refractivity contribution < 1.29 is 19.1 Å². The van der Waals surface area contributed by atoms with E-state index in [0.717, 1.165) is 34.1 Å². The number of hydrogen-bond acceptors (Lipinski definition) is 4. The van der Waals surface area contributed by atoms with Crippen LogP contribution in [0.2, 0.25) is 0 Å². The van der Waals surface area contributed by atoms with Gasteiger partial charge in [-0.2, -0.15) is 0 Å². The lowest BCUT2D eigenvalue weighted by Crippen LogP contribution is -2.54. The fourth-order valence-electron chi connectivity index (χ4n) is 4.68. The predicted molar refractivity (Wildman–Crippen MR) is 116 cm³/mol. The Morgan fingerprint density at radius 2 is 1.97 bits per heavy atom. The molecule has 3 aromatic rings. The number of rotatable bonds is 4. The molecule has 7 heteroatoms. The van der Waals surface area contributed by atoms with Crippen molar-refractivity contribution in [2.24, 2.45) is 0 Å². The molecule has 2 aliphatic rings. The van der Waals surface area contributed by atoms with Gasteiger partial charge in [0.2, 0.25) is 18.6 Å². The topological polar surface area (TPSA) is 83.7 Å². The fraction of sp³-hybridized carbons (Fsp3) is 0.333. The van der Waals surface area contributed by atoms with E-state index in [1.54, 1.807) is 4.90 Å². The van der Waals surface area contributed by atoms with Crippen LogP contribution in [0.15, 0.2) is 42.5 Å². The van der Waals surface area contributed by atoms with E-state index >= 15 is 0 Å². The van der Waals surface area contributed by atoms with E-state index in [9.17, 15) is 9.59 Å². The van der Waals surface area contributed by atoms with E-state index in [2.05, 4.69) is 16.4 Å². The lowest BCUT2D eigenvalue weighted by atomic mass is 9.87. The maximum Gasteiger partial charge on any atom is 0.243 e. The van der Waals surface area contributed by atoms with Crippen molar-refractivity contribution in [2.75, 3.05) is 13.3 Å². The molecule has 2 aromatic carbocycles. The molecule has 31 heavy (non-hydrogen) atoms. The van der Waals surface area contributed by atoms with E-state index in [0.29, 0.717) is 24.5 Å². The highest BCUT2D eigenvalue weighted by atomic mass is 16.7. The Hall–Kier alpha value is -3.48. The number of hydrogen-bond donors (Lipinski definition) is 2. The van der Waals surface area contributed by atoms with Crippen LogP contribution in [-0.2, 0) is 16.0 Å². The van der Waals surface area contributed by atoms with Gasteiger partial charge in [-0.15, -0.1) is 0 Å². The van der Waals surface area contributed by atoms with Crippen molar-refractivity contribution in [2.45, 2.75) is 38.8 Å². The first-order valence-corrected chi connectivity index (χ1v) is 10.6. The maximum absolute atomic E-state index is 13.1. The third kappa shape index (κ3) is 3.21. The number of carbonyl (C=O) groups excluding carboxylic acids is 2. The molecule has 160 valence electrons. The molecule has 2 amide bonds. The molecule has 7 nitrogen and oxygen atoms in total. The molecule has 0 unspecified atom stereocenters. The quantitative estimate of drug-likeness (QED) is 0.680. The van der Waals surface area contributed by atoms with Crippen molar-refractivity contribution in [1.82, 2.24) is 15.2 Å². The monoisotopic (exact) mass is 419 g/mol. The smallest absolute Gasteiger partial charge is 0.243 e. The first kappa shape index (κ1) is 19.5. The van der Waals surface area contributed by atoms with Gasteiger partial charge in [0.1, 0.15) is 6.04 Å². The number of amides is 2. The number of aromatic nitrogens is 1. The molecule has 3 heterocycles. The minimum Gasteiger partial charge on any atom is -0.454 e. The van der Waals surface area contributed by atoms with E-state index in [1.807, 2.05) is 43.3 Å². The number of fused-ring (bicyclic) bond motifs is 4. The van der Waals surface area contributed by atoms with Gasteiger partial charge >= 0.3 is 0 Å². The molecular formula is C24H25N3O4. The second kappa shape index (κ2) is 7.65. The van der Waals surface area contributed by atoms with Crippen molar-refractivity contribution in [3.05, 3.63) is 59.3 Å². The zero-order valence-corrected chi connectivity index (χ0v) is 17.6. The van der Waals surface area contributed by atoms with Crippen LogP contribution in [0.4, 0.5) is 0 Å². The van der Waals surface area contributed by atoms with Crippen molar-refractivity contribution in [3.8, 4) is 11.5 Å². The summed E-state index contributed by atoms with van der Waals surface area (Å²) in [6.45, 7) is 4.29. The largest absolute Gasteiger partial charge is 0.454 e. The number of aromatic amines is 1. The summed E-state index contributed by atoms with van der Waals surface area (Å²) < 4.78 is 11.0. The Morgan fingerprint density at radius 3 is 2.77 bits per heavy atom. The van der Waals surface area contributed by atoms with Gasteiger partial charge in [0.15, 0.2) is 11.5 Å². The summed E-state index contributed by atoms with van der Waals surface area (Å²) in [7, 11) is 0. The standard InChI is InChI=1S/C24H25N3O4/c1-3-10-25-24(29)19-12-17-16-6-4-5-7-18(16)26-22(17)23(27(19)14(2)28)15-8-9-20-21(11-15)31-13-30-20/h4-9,11,19,23,26H,3,10,12-13H2,1-2H3,(H,25,29)/t19-,23-/m1/s1. The Kier molecular flexibility index (Phi) is 4.81. The highest BCUT2D eigenvalue weighted by molar-refractivity contribution is 5.92. The van der Waals surface area contributed by atoms with Crippen LogP contribution in [0.3, 0.4) is 0 Å². The Balaban J connectivity index is 1.69. The molecule has 0 spiro atoms. The average molecular weight is 419 g/mol. The summed E-state index contributed by atoms with van der Waals surface area (Å²) in [5, 5.41) is 4.07. The van der Waals surface area contributed by atoms with Crippen molar-refractivity contribution >= 4 is 22.7 Å². The van der Waals surface area contributed by atoms with E-state index in [4.69, 9.17) is 9.47 Å². The Labute approximate surface area is 180 Å². The minimum absolute atomic E-state index is 0.126. The molecule has 0 bridgehead atoms. The first-order chi connectivity index (χ1) is 15.1. The van der Waals surface area contributed by atoms with Gasteiger partial charge in [-0.05, 0) is 35.7 Å². The third-order valence-corrected chi connectivity index (χ3v) is 6.06. The van der Waals surface area contributed by atoms with Crippen LogP contribution in [-0.4, -0.2) is 41.1 Å². The average Bonchev–Trinajstić information content (AvgIpc) is 3.39. The van der Waals surface area contributed by atoms with Crippen LogP contribution in [0.1, 0.15) is 43.1 Å². The van der Waals surface area contributed by atoms with Crippen molar-refractivity contribution in [1.29, 1.82) is 0 Å². The summed E-state index contributed by atoms with van der Waals surface area (Å²) in [6, 6.07) is 12.7. The van der Waals surface area contributed by atoms with Crippen LogP contribution in [0, 0.1) is 0 Å². The molecule has 2 atom stereocenters. The number of H-pyrrole nitrogens is 1. The van der Waals surface area contributed by atoms with Gasteiger partial charge in [0, 0.05) is 36.5 Å². The second-order valence-corrected chi connectivity index (χ2v) is 8.02. The number of benzene rings is 2. The molecule has 2 N–H and O–H groups in total. The van der Waals surface area contributed by atoms with E-state index in [-0.39, 0.29) is 18.6 Å². The van der Waals surface area contributed by atoms with E-state index in [1.165, 1.54) is 6.92 Å². The number of ether oxygens (including phenoxy) is 2. The lowest BCUT2D eigenvalue weighted by Gasteiger charge is -2.41. The summed E-state index contributed by atoms with van der Waals surface area (Å²) in [5.74, 6) is 1.06. The number of nitrogens with one attached hydrogen (secondary N) is 2. The maximum atomic E-state index is 13.1. The summed E-state index contributed by atoms with van der Waals surface area (Å²) in [6.07, 6.45) is 1.30. The Bertz CT molecular complexity index is 1170. The van der Waals surface area contributed by atoms with Crippen molar-refractivity contribution in [3.63, 3.8) is 0 Å². The van der Waals surface area contributed by atoms with Gasteiger partial charge in [-0.25, -0.2) is 0 Å². The predicted octanol–water partition coefficient (Wildman–Crippen LogP) is 3.29. The number of para-hydroxylation sites is 1. The van der Waals surface area contributed by atoms with Crippen LogP contribution in [0.25, 0.3) is 10.9 Å². The van der Waals surface area contributed by atoms with Crippen LogP contribution >= 0.6 is 0 Å². The second-order valence-electron chi connectivity index (χ2n) is 8.02. The molecule has 0 radical (unpaired) electrons.